The standard InChI is InChI=1S/C17H14N6S/c1-22-8-18-14-10(4-3-5-11(14)22)20-17-21-16-13(24-17)7-6-12-15(16)19-9-23(12)2/h3-9H,1-2H3,(H,20,21). The fourth-order valence-electron chi connectivity index (χ4n) is 3.02. The van der Waals surface area contributed by atoms with E-state index in [1.165, 1.54) is 0 Å². The van der Waals surface area contributed by atoms with E-state index in [0.29, 0.717) is 0 Å². The summed E-state index contributed by atoms with van der Waals surface area (Å²) in [6.07, 6.45) is 3.65. The molecule has 5 aromatic rings. The quantitative estimate of drug-likeness (QED) is 0.533. The van der Waals surface area contributed by atoms with Crippen molar-refractivity contribution >= 4 is 54.4 Å². The molecule has 0 radical (unpaired) electrons. The zero-order valence-electron chi connectivity index (χ0n) is 13.2. The first-order valence-electron chi connectivity index (χ1n) is 7.58. The van der Waals surface area contributed by atoms with E-state index in [1.807, 2.05) is 48.0 Å². The molecular formula is C17H14N6S. The summed E-state index contributed by atoms with van der Waals surface area (Å²) < 4.78 is 5.14. The molecule has 3 aromatic heterocycles. The summed E-state index contributed by atoms with van der Waals surface area (Å²) in [6.45, 7) is 0. The average Bonchev–Trinajstić information content (AvgIpc) is 3.26. The Morgan fingerprint density at radius 1 is 0.875 bits per heavy atom. The van der Waals surface area contributed by atoms with Crippen LogP contribution in [-0.4, -0.2) is 24.1 Å². The number of thiazole rings is 1. The summed E-state index contributed by atoms with van der Waals surface area (Å²) in [6, 6.07) is 10.3. The highest BCUT2D eigenvalue weighted by molar-refractivity contribution is 7.22. The first-order valence-corrected chi connectivity index (χ1v) is 8.40. The van der Waals surface area contributed by atoms with Gasteiger partial charge >= 0.3 is 0 Å². The van der Waals surface area contributed by atoms with Crippen LogP contribution < -0.4 is 5.32 Å². The van der Waals surface area contributed by atoms with Gasteiger partial charge in [-0.2, -0.15) is 0 Å². The number of anilines is 2. The summed E-state index contributed by atoms with van der Waals surface area (Å²) in [5.74, 6) is 0. The van der Waals surface area contributed by atoms with Gasteiger partial charge in [0.25, 0.3) is 0 Å². The zero-order chi connectivity index (χ0) is 16.3. The lowest BCUT2D eigenvalue weighted by atomic mass is 10.2. The van der Waals surface area contributed by atoms with Gasteiger partial charge in [0, 0.05) is 14.1 Å². The van der Waals surface area contributed by atoms with Crippen LogP contribution in [0.5, 0.6) is 0 Å². The lowest BCUT2D eigenvalue weighted by molar-refractivity contribution is 0.948. The molecule has 3 heterocycles. The third-order valence-electron chi connectivity index (χ3n) is 4.25. The molecule has 24 heavy (non-hydrogen) atoms. The molecule has 7 heteroatoms. The monoisotopic (exact) mass is 334 g/mol. The summed E-state index contributed by atoms with van der Waals surface area (Å²) in [7, 11) is 3.99. The topological polar surface area (TPSA) is 60.6 Å². The highest BCUT2D eigenvalue weighted by Crippen LogP contribution is 2.33. The molecular weight excluding hydrogens is 320 g/mol. The first kappa shape index (κ1) is 13.5. The Kier molecular flexibility index (Phi) is 2.69. The Balaban J connectivity index is 1.65. The number of aromatic nitrogens is 5. The average molecular weight is 334 g/mol. The van der Waals surface area contributed by atoms with Gasteiger partial charge in [0.1, 0.15) is 16.6 Å². The third kappa shape index (κ3) is 1.85. The fraction of sp³-hybridized carbons (Fsp3) is 0.118. The molecule has 0 unspecified atom stereocenters. The lowest BCUT2D eigenvalue weighted by Crippen LogP contribution is -1.91. The second kappa shape index (κ2) is 4.78. The summed E-state index contributed by atoms with van der Waals surface area (Å²) in [5, 5.41) is 4.27. The van der Waals surface area contributed by atoms with Crippen molar-refractivity contribution in [1.82, 2.24) is 24.1 Å². The Bertz CT molecular complexity index is 1210. The number of rotatable bonds is 2. The van der Waals surface area contributed by atoms with Crippen LogP contribution in [0.1, 0.15) is 0 Å². The van der Waals surface area contributed by atoms with Crippen LogP contribution in [0.4, 0.5) is 10.8 Å². The molecule has 0 amide bonds. The van der Waals surface area contributed by atoms with Crippen LogP contribution in [0.15, 0.2) is 43.0 Å². The molecule has 0 aliphatic carbocycles. The molecule has 118 valence electrons. The molecule has 6 nitrogen and oxygen atoms in total. The Labute approximate surface area is 141 Å². The maximum atomic E-state index is 4.76. The minimum absolute atomic E-state index is 0.848. The van der Waals surface area contributed by atoms with E-state index >= 15 is 0 Å². The highest BCUT2D eigenvalue weighted by Gasteiger charge is 2.12. The van der Waals surface area contributed by atoms with E-state index in [-0.39, 0.29) is 0 Å². The largest absolute Gasteiger partial charge is 0.334 e. The van der Waals surface area contributed by atoms with E-state index in [4.69, 9.17) is 4.98 Å². The van der Waals surface area contributed by atoms with Crippen molar-refractivity contribution in [3.05, 3.63) is 43.0 Å². The molecule has 0 saturated carbocycles. The number of nitrogens with zero attached hydrogens (tertiary/aromatic N) is 5. The normalized spacial score (nSPS) is 11.8. The van der Waals surface area contributed by atoms with Gasteiger partial charge in [-0.25, -0.2) is 15.0 Å². The number of nitrogens with one attached hydrogen (secondary N) is 1. The van der Waals surface area contributed by atoms with Crippen molar-refractivity contribution in [2.24, 2.45) is 14.1 Å². The van der Waals surface area contributed by atoms with Crippen molar-refractivity contribution < 1.29 is 0 Å². The molecule has 0 aliphatic heterocycles. The molecule has 1 N–H and O–H groups in total. The summed E-state index contributed by atoms with van der Waals surface area (Å²) >= 11 is 1.63. The Hall–Kier alpha value is -2.93. The van der Waals surface area contributed by atoms with E-state index < -0.39 is 0 Å². The van der Waals surface area contributed by atoms with E-state index in [0.717, 1.165) is 43.1 Å². The maximum absolute atomic E-state index is 4.76. The molecule has 0 saturated heterocycles. The van der Waals surface area contributed by atoms with Crippen molar-refractivity contribution in [2.45, 2.75) is 0 Å². The van der Waals surface area contributed by atoms with Crippen LogP contribution in [0.2, 0.25) is 0 Å². The van der Waals surface area contributed by atoms with Crippen LogP contribution in [0, 0.1) is 0 Å². The van der Waals surface area contributed by atoms with Gasteiger partial charge in [0.15, 0.2) is 5.13 Å². The van der Waals surface area contributed by atoms with Crippen LogP contribution in [-0.2, 0) is 14.1 Å². The van der Waals surface area contributed by atoms with E-state index in [9.17, 15) is 0 Å². The Morgan fingerprint density at radius 2 is 1.62 bits per heavy atom. The van der Waals surface area contributed by atoms with Crippen molar-refractivity contribution in [3.63, 3.8) is 0 Å². The van der Waals surface area contributed by atoms with Gasteiger partial charge in [-0.1, -0.05) is 17.4 Å². The van der Waals surface area contributed by atoms with E-state index in [2.05, 4.69) is 33.5 Å². The van der Waals surface area contributed by atoms with Crippen LogP contribution in [0.25, 0.3) is 32.3 Å². The summed E-state index contributed by atoms with van der Waals surface area (Å²) in [4.78, 5) is 13.7. The van der Waals surface area contributed by atoms with Crippen molar-refractivity contribution in [1.29, 1.82) is 0 Å². The van der Waals surface area contributed by atoms with Gasteiger partial charge in [0.05, 0.1) is 34.1 Å². The van der Waals surface area contributed by atoms with Gasteiger partial charge < -0.3 is 14.5 Å². The number of para-hydroxylation sites is 1. The first-order chi connectivity index (χ1) is 11.7. The van der Waals surface area contributed by atoms with Crippen LogP contribution >= 0.6 is 11.3 Å². The molecule has 5 rings (SSSR count). The summed E-state index contributed by atoms with van der Waals surface area (Å²) in [5.41, 5.74) is 5.97. The van der Waals surface area contributed by atoms with Crippen molar-refractivity contribution in [3.8, 4) is 0 Å². The number of hydrogen-bond donors (Lipinski definition) is 1. The number of imidazole rings is 2. The number of benzene rings is 2. The second-order valence-corrected chi connectivity index (χ2v) is 6.84. The maximum Gasteiger partial charge on any atom is 0.188 e. The predicted octanol–water partition coefficient (Wildman–Crippen LogP) is 3.81. The second-order valence-electron chi connectivity index (χ2n) is 5.81. The number of fused-ring (bicyclic) bond motifs is 4. The molecule has 0 spiro atoms. The zero-order valence-corrected chi connectivity index (χ0v) is 14.0. The van der Waals surface area contributed by atoms with Gasteiger partial charge in [0.2, 0.25) is 0 Å². The minimum atomic E-state index is 0.848. The fourth-order valence-corrected chi connectivity index (χ4v) is 3.90. The molecule has 0 aliphatic rings. The van der Waals surface area contributed by atoms with Crippen molar-refractivity contribution in [2.75, 3.05) is 5.32 Å². The van der Waals surface area contributed by atoms with Gasteiger partial charge in [-0.05, 0) is 24.3 Å². The highest BCUT2D eigenvalue weighted by atomic mass is 32.1. The SMILES string of the molecule is Cn1cnc2c(Nc3nc4c(ccc5c4ncn5C)s3)cccc21. The Morgan fingerprint density at radius 3 is 2.46 bits per heavy atom. The number of hydrogen-bond acceptors (Lipinski definition) is 5. The van der Waals surface area contributed by atoms with E-state index in [1.54, 1.807) is 11.3 Å². The van der Waals surface area contributed by atoms with Crippen LogP contribution in [0.3, 0.4) is 0 Å². The molecule has 2 aromatic carbocycles. The van der Waals surface area contributed by atoms with Gasteiger partial charge in [-0.3, -0.25) is 0 Å². The lowest BCUT2D eigenvalue weighted by Gasteiger charge is -2.03. The third-order valence-corrected chi connectivity index (χ3v) is 5.19. The van der Waals surface area contributed by atoms with Gasteiger partial charge in [-0.15, -0.1) is 0 Å². The molecule has 0 atom stereocenters. The molecule has 0 bridgehead atoms. The smallest absolute Gasteiger partial charge is 0.188 e. The number of aryl methyl sites for hydroxylation is 2. The molecule has 0 fully saturated rings. The minimum Gasteiger partial charge on any atom is -0.334 e. The predicted molar refractivity (Wildman–Crippen MR) is 97.9 cm³/mol.